The predicted molar refractivity (Wildman–Crippen MR) is 365 cm³/mol. The fourth-order valence-electron chi connectivity index (χ4n) is 26.0. The smallest absolute Gasteiger partial charge is 0.306 e. The lowest BCUT2D eigenvalue weighted by atomic mass is 9.27. The number of aliphatic hydroxyl groups excluding tert-OH is 2. The molecule has 90 heavy (non-hydrogen) atoms. The summed E-state index contributed by atoms with van der Waals surface area (Å²) in [5, 5.41) is 49.2. The van der Waals surface area contributed by atoms with Gasteiger partial charge in [0.05, 0.1) is 23.9 Å². The number of carboxylic acids is 1. The first-order valence-electron chi connectivity index (χ1n) is 36.9. The van der Waals surface area contributed by atoms with Gasteiger partial charge in [-0.3, -0.25) is 4.79 Å². The van der Waals surface area contributed by atoms with Gasteiger partial charge in [-0.25, -0.2) is 0 Å². The van der Waals surface area contributed by atoms with Gasteiger partial charge in [-0.05, 0) is 255 Å². The third-order valence-electron chi connectivity index (χ3n) is 29.4. The van der Waals surface area contributed by atoms with Crippen molar-refractivity contribution in [2.75, 3.05) is 13.1 Å². The number of aryl methyl sites for hydroxylation is 1. The van der Waals surface area contributed by atoms with Crippen molar-refractivity contribution >= 4 is 23.2 Å². The van der Waals surface area contributed by atoms with Crippen LogP contribution in [0.4, 0.5) is 0 Å². The molecule has 6 heterocycles. The Morgan fingerprint density at radius 1 is 0.800 bits per heavy atom. The van der Waals surface area contributed by atoms with Crippen molar-refractivity contribution in [3.63, 3.8) is 0 Å². The summed E-state index contributed by atoms with van der Waals surface area (Å²) >= 11 is 0. The number of aliphatic hydroxyl groups is 2. The number of allylic oxidation sites excluding steroid dienone is 9. The van der Waals surface area contributed by atoms with Crippen molar-refractivity contribution in [1.82, 2.24) is 10.6 Å². The summed E-state index contributed by atoms with van der Waals surface area (Å²) in [4.78, 5) is 14.8. The van der Waals surface area contributed by atoms with Gasteiger partial charge in [0.2, 0.25) is 0 Å². The van der Waals surface area contributed by atoms with E-state index in [4.69, 9.17) is 6.58 Å². The van der Waals surface area contributed by atoms with E-state index in [0.29, 0.717) is 37.0 Å². The van der Waals surface area contributed by atoms with Gasteiger partial charge in [-0.1, -0.05) is 179 Å². The molecular formula is C84H106N2O4. The maximum absolute atomic E-state index is 14.8. The zero-order valence-electron chi connectivity index (χ0n) is 55.0. The molecule has 0 saturated heterocycles. The predicted octanol–water partition coefficient (Wildman–Crippen LogP) is 16.4. The second-order valence-electron chi connectivity index (χ2n) is 33.3. The molecule has 6 heteroatoms. The van der Waals surface area contributed by atoms with Crippen LogP contribution in [-0.4, -0.2) is 46.6 Å². The van der Waals surface area contributed by atoms with Crippen LogP contribution in [0.25, 0.3) is 17.2 Å². The van der Waals surface area contributed by atoms with Crippen molar-refractivity contribution in [1.29, 1.82) is 0 Å². The molecule has 17 aliphatic rings. The van der Waals surface area contributed by atoms with Gasteiger partial charge in [0.25, 0.3) is 0 Å². The van der Waals surface area contributed by atoms with Crippen molar-refractivity contribution in [3.05, 3.63) is 171 Å². The van der Waals surface area contributed by atoms with Crippen LogP contribution in [-0.2, 0) is 24.1 Å². The van der Waals surface area contributed by atoms with E-state index in [0.717, 1.165) is 76.7 Å². The number of carbonyl (C=O) groups is 1. The molecule has 6 nitrogen and oxygen atoms in total. The second kappa shape index (κ2) is 22.5. The molecule has 476 valence electrons. The van der Waals surface area contributed by atoms with E-state index in [9.17, 15) is 20.1 Å². The molecule has 6 saturated carbocycles. The quantitative estimate of drug-likeness (QED) is 0.114. The largest absolute Gasteiger partial charge is 0.481 e. The van der Waals surface area contributed by atoms with Gasteiger partial charge in [0, 0.05) is 46.6 Å². The minimum atomic E-state index is -0.718. The van der Waals surface area contributed by atoms with E-state index in [1.807, 2.05) is 0 Å². The molecule has 15 bridgehead atoms. The van der Waals surface area contributed by atoms with Crippen LogP contribution in [0.15, 0.2) is 138 Å². The highest BCUT2D eigenvalue weighted by Gasteiger charge is 2.82. The van der Waals surface area contributed by atoms with Crippen molar-refractivity contribution in [2.45, 2.75) is 219 Å². The SMILES string of the molecule is C=C1CCC(C(=O)O)C2C(O)CC34C5=C(CC(CCC36CCC3(CCC(Cc7ccccc7CCCCC)C3)C6)C24C)C23CCC(O)C4(C)CC=CC(C=C6C(=c7ccccc7=CC62)Cc2cccc(c2)C2=CC=C(NCCCC1C1CCCCC1)NC2)(C5)C43. The van der Waals surface area contributed by atoms with Crippen molar-refractivity contribution in [3.8, 4) is 0 Å². The Morgan fingerprint density at radius 2 is 1.64 bits per heavy atom. The molecule has 11 aliphatic carbocycles. The molecule has 16 unspecified atom stereocenters. The molecule has 5 N–H and O–H groups in total. The van der Waals surface area contributed by atoms with Crippen LogP contribution >= 0.6 is 0 Å². The molecule has 4 spiro atoms. The number of dihydropyridines is 1. The monoisotopic (exact) mass is 1210 g/mol. The number of nitrogens with one attached hydrogen (secondary N) is 2. The molecule has 0 radical (unpaired) electrons. The minimum absolute atomic E-state index is 0.0558. The Labute approximate surface area is 539 Å². The number of hydrogen-bond acceptors (Lipinski definition) is 5. The summed E-state index contributed by atoms with van der Waals surface area (Å²) in [6, 6.07) is 28.2. The zero-order chi connectivity index (χ0) is 61.4. The van der Waals surface area contributed by atoms with Gasteiger partial charge in [-0.15, -0.1) is 0 Å². The number of unbranched alkanes of at least 4 members (excludes halogenated alkanes) is 2. The fourth-order valence-corrected chi connectivity index (χ4v) is 26.0. The first kappa shape index (κ1) is 59.8. The highest BCUT2D eigenvalue weighted by Crippen LogP contribution is 2.88. The van der Waals surface area contributed by atoms with Crippen molar-refractivity contribution in [2.24, 2.45) is 85.2 Å². The van der Waals surface area contributed by atoms with Crippen LogP contribution in [0, 0.1) is 85.2 Å². The van der Waals surface area contributed by atoms with Crippen LogP contribution in [0.1, 0.15) is 210 Å². The zero-order valence-corrected chi connectivity index (χ0v) is 55.0. The highest BCUT2D eigenvalue weighted by atomic mass is 16.4. The number of fused-ring (bicyclic) bond motifs is 1. The maximum atomic E-state index is 14.8. The first-order chi connectivity index (χ1) is 43.7. The summed E-state index contributed by atoms with van der Waals surface area (Å²) < 4.78 is 0. The van der Waals surface area contributed by atoms with Gasteiger partial charge >= 0.3 is 5.97 Å². The van der Waals surface area contributed by atoms with Crippen LogP contribution in [0.3, 0.4) is 0 Å². The Morgan fingerprint density at radius 3 is 2.48 bits per heavy atom. The average molecular weight is 1210 g/mol. The summed E-state index contributed by atoms with van der Waals surface area (Å²) in [7, 11) is 0. The van der Waals surface area contributed by atoms with E-state index in [-0.39, 0.29) is 56.2 Å². The highest BCUT2D eigenvalue weighted by molar-refractivity contribution is 5.78. The van der Waals surface area contributed by atoms with Crippen LogP contribution < -0.4 is 21.1 Å². The first-order valence-corrected chi connectivity index (χ1v) is 36.9. The number of rotatable bonds is 8. The average Bonchev–Trinajstić information content (AvgIpc) is 1.18. The number of benzene rings is 3. The molecule has 6 aliphatic heterocycles. The number of carboxylic acid groups (broad SMARTS) is 1. The van der Waals surface area contributed by atoms with Crippen LogP contribution in [0.2, 0.25) is 0 Å². The molecule has 0 amide bonds. The third-order valence-corrected chi connectivity index (χ3v) is 29.4. The van der Waals surface area contributed by atoms with E-state index in [2.05, 4.69) is 141 Å². The molecule has 3 aromatic rings. The molecule has 16 atom stereocenters. The van der Waals surface area contributed by atoms with Crippen LogP contribution in [0.5, 0.6) is 0 Å². The molecule has 0 aromatic heterocycles. The Bertz CT molecular complexity index is 3670. The minimum Gasteiger partial charge on any atom is -0.481 e. The molecule has 20 rings (SSSR count). The lowest BCUT2D eigenvalue weighted by Crippen LogP contribution is -2.70. The Balaban J connectivity index is 0.876. The normalized spacial score (nSPS) is 40.9. The number of hydrogen-bond donors (Lipinski definition) is 5. The lowest BCUT2D eigenvalue weighted by molar-refractivity contribution is -0.191. The van der Waals surface area contributed by atoms with Gasteiger partial charge in [0.1, 0.15) is 0 Å². The van der Waals surface area contributed by atoms with Gasteiger partial charge < -0.3 is 26.0 Å². The molecule has 3 aromatic carbocycles. The summed E-state index contributed by atoms with van der Waals surface area (Å²) in [6.07, 6.45) is 45.8. The fraction of sp³-hybridized carbons (Fsp3) is 0.607. The van der Waals surface area contributed by atoms with Gasteiger partial charge in [-0.2, -0.15) is 0 Å². The number of aliphatic carboxylic acids is 1. The summed E-state index contributed by atoms with van der Waals surface area (Å²) in [5.74, 6) is 1.55. The van der Waals surface area contributed by atoms with E-state index >= 15 is 0 Å². The molecule has 6 fully saturated rings. The Kier molecular flexibility index (Phi) is 15.0. The second-order valence-corrected chi connectivity index (χ2v) is 33.3. The van der Waals surface area contributed by atoms with E-state index < -0.39 is 29.5 Å². The van der Waals surface area contributed by atoms with E-state index in [1.165, 1.54) is 153 Å². The topological polar surface area (TPSA) is 102 Å². The standard InChI is InChI=1S/C84H106N2O4/c1-5-6-8-19-57-20-11-12-23-59(57)44-56-32-37-80(48-56)40-41-82(53-80)38-33-63-47-70-71-50-81-36-17-35-78(3)73(88)34-39-83(70,77(78)81)69-46-61-24-13-14-26-65(61)67(68(69)49-81)45-55-18-15-25-60(43-55)62-29-31-74(86-52-62)85-42-16-27-64(58-21-9-7-10-22-58)54(2)28-30-66(76(89)90)75-72(87)51-84(71,82)79(63,75)4/h11-15,17-18,20,23-26,29,31,36,43,46,49,56,58,63-64,66,69,72-73,75,77,85-88H,2,5-10,16,19,21-22,27-28,30,32-35,37-42,44-45,47-48,50-53H2,1,3-4H3,(H,89,90). The van der Waals surface area contributed by atoms with Gasteiger partial charge in [0.15, 0.2) is 0 Å². The summed E-state index contributed by atoms with van der Waals surface area (Å²) in [5.41, 5.74) is 13.2. The maximum Gasteiger partial charge on any atom is 0.306 e. The lowest BCUT2D eigenvalue weighted by Gasteiger charge is -2.76. The molecular weight excluding hydrogens is 1100 g/mol. The third kappa shape index (κ3) is 8.96. The van der Waals surface area contributed by atoms with E-state index in [1.54, 1.807) is 22.3 Å². The Hall–Kier alpha value is -5.17. The van der Waals surface area contributed by atoms with Crippen molar-refractivity contribution < 1.29 is 20.1 Å². The summed E-state index contributed by atoms with van der Waals surface area (Å²) in [6.45, 7) is 14.1.